The maximum absolute atomic E-state index is 12.9. The van der Waals surface area contributed by atoms with E-state index in [0.717, 1.165) is 12.1 Å². The van der Waals surface area contributed by atoms with Crippen LogP contribution in [0.5, 0.6) is 0 Å². The highest BCUT2D eigenvalue weighted by Gasteiger charge is 2.50. The van der Waals surface area contributed by atoms with Gasteiger partial charge in [-0.2, -0.15) is 0 Å². The minimum Gasteiger partial charge on any atom is -0.325 e. The second-order valence-corrected chi connectivity index (χ2v) is 7.58. The van der Waals surface area contributed by atoms with Gasteiger partial charge in [0.2, 0.25) is 5.91 Å². The van der Waals surface area contributed by atoms with Gasteiger partial charge in [-0.05, 0) is 29.2 Å². The van der Waals surface area contributed by atoms with E-state index in [9.17, 15) is 4.79 Å². The summed E-state index contributed by atoms with van der Waals surface area (Å²) in [7, 11) is 0. The van der Waals surface area contributed by atoms with Crippen molar-refractivity contribution < 1.29 is 4.79 Å². The molecule has 21 heavy (non-hydrogen) atoms. The second kappa shape index (κ2) is 5.13. The van der Waals surface area contributed by atoms with Crippen molar-refractivity contribution in [3.63, 3.8) is 0 Å². The molecular formula is C18H26N2O. The van der Waals surface area contributed by atoms with E-state index < -0.39 is 0 Å². The van der Waals surface area contributed by atoms with Crippen molar-refractivity contribution in [2.45, 2.75) is 46.3 Å². The molecule has 1 aromatic rings. The molecule has 1 aliphatic carbocycles. The number of carbonyl (C=O) groups excluding carboxylic acids is 1. The lowest BCUT2D eigenvalue weighted by Crippen LogP contribution is -2.42. The van der Waals surface area contributed by atoms with Crippen LogP contribution in [-0.4, -0.2) is 23.5 Å². The fourth-order valence-electron chi connectivity index (χ4n) is 3.40. The van der Waals surface area contributed by atoms with E-state index >= 15 is 0 Å². The van der Waals surface area contributed by atoms with Gasteiger partial charge in [-0.25, -0.2) is 0 Å². The fourth-order valence-corrected chi connectivity index (χ4v) is 3.40. The number of hydrogen-bond donors (Lipinski definition) is 1. The molecule has 1 aromatic carbocycles. The highest BCUT2D eigenvalue weighted by atomic mass is 16.2. The molecule has 0 spiro atoms. The monoisotopic (exact) mass is 286 g/mol. The van der Waals surface area contributed by atoms with Gasteiger partial charge in [0.05, 0.1) is 6.17 Å². The normalized spacial score (nSPS) is 31.0. The first-order valence-electron chi connectivity index (χ1n) is 8.01. The molecule has 1 saturated heterocycles. The molecule has 2 fully saturated rings. The highest BCUT2D eigenvalue weighted by Crippen LogP contribution is 2.52. The summed E-state index contributed by atoms with van der Waals surface area (Å²) < 4.78 is 0. The zero-order valence-corrected chi connectivity index (χ0v) is 13.5. The summed E-state index contributed by atoms with van der Waals surface area (Å²) in [6.45, 7) is 9.85. The smallest absolute Gasteiger partial charge is 0.245 e. The standard InChI is InChI=1S/C18H26N2O/c1-12(2)16-19-15(13-8-6-5-7-9-13)17(21)20(16)11-14-10-18(14,3)4/h5-9,12,14-16,19H,10-11H2,1-4H3. The Morgan fingerprint density at radius 2 is 1.90 bits per heavy atom. The number of benzene rings is 1. The third-order valence-electron chi connectivity index (χ3n) is 5.10. The Morgan fingerprint density at radius 3 is 2.43 bits per heavy atom. The molecule has 3 atom stereocenters. The maximum atomic E-state index is 12.9. The van der Waals surface area contributed by atoms with Gasteiger partial charge in [0.15, 0.2) is 0 Å². The first-order chi connectivity index (χ1) is 9.90. The molecule has 114 valence electrons. The molecule has 3 nitrogen and oxygen atoms in total. The number of carbonyl (C=O) groups is 1. The summed E-state index contributed by atoms with van der Waals surface area (Å²) in [5.74, 6) is 1.31. The van der Waals surface area contributed by atoms with Crippen molar-refractivity contribution in [3.8, 4) is 0 Å². The van der Waals surface area contributed by atoms with Gasteiger partial charge < -0.3 is 4.90 Å². The number of nitrogens with zero attached hydrogens (tertiary/aromatic N) is 1. The van der Waals surface area contributed by atoms with Crippen molar-refractivity contribution in [2.24, 2.45) is 17.3 Å². The molecule has 2 aliphatic rings. The van der Waals surface area contributed by atoms with Crippen LogP contribution in [0.25, 0.3) is 0 Å². The van der Waals surface area contributed by atoms with Gasteiger partial charge in [0.25, 0.3) is 0 Å². The van der Waals surface area contributed by atoms with E-state index in [2.05, 4.69) is 37.9 Å². The Balaban J connectivity index is 1.79. The number of hydrogen-bond acceptors (Lipinski definition) is 2. The Bertz CT molecular complexity index is 523. The molecule has 3 heteroatoms. The number of amides is 1. The van der Waals surface area contributed by atoms with Crippen LogP contribution in [0.4, 0.5) is 0 Å². The summed E-state index contributed by atoms with van der Waals surface area (Å²) >= 11 is 0. The van der Waals surface area contributed by atoms with Crippen LogP contribution in [0, 0.1) is 17.3 Å². The molecule has 0 radical (unpaired) electrons. The molecule has 1 N–H and O–H groups in total. The molecule has 1 amide bonds. The maximum Gasteiger partial charge on any atom is 0.245 e. The lowest BCUT2D eigenvalue weighted by Gasteiger charge is -2.27. The van der Waals surface area contributed by atoms with Crippen LogP contribution in [-0.2, 0) is 4.79 Å². The molecule has 3 rings (SSSR count). The average molecular weight is 286 g/mol. The topological polar surface area (TPSA) is 32.3 Å². The Morgan fingerprint density at radius 1 is 1.29 bits per heavy atom. The predicted octanol–water partition coefficient (Wildman–Crippen LogP) is 3.19. The quantitative estimate of drug-likeness (QED) is 0.922. The molecular weight excluding hydrogens is 260 g/mol. The Kier molecular flexibility index (Phi) is 3.56. The average Bonchev–Trinajstić information content (AvgIpc) is 2.90. The minimum atomic E-state index is -0.180. The summed E-state index contributed by atoms with van der Waals surface area (Å²) in [6.07, 6.45) is 1.39. The molecule has 0 bridgehead atoms. The van der Waals surface area contributed by atoms with Crippen LogP contribution in [0.3, 0.4) is 0 Å². The van der Waals surface area contributed by atoms with Crippen molar-refractivity contribution in [1.29, 1.82) is 0 Å². The van der Waals surface area contributed by atoms with Crippen LogP contribution >= 0.6 is 0 Å². The van der Waals surface area contributed by atoms with Gasteiger partial charge in [0, 0.05) is 6.54 Å². The van der Waals surface area contributed by atoms with Gasteiger partial charge in [-0.3, -0.25) is 10.1 Å². The first kappa shape index (κ1) is 14.6. The number of nitrogens with one attached hydrogen (secondary N) is 1. The van der Waals surface area contributed by atoms with Crippen LogP contribution in [0.1, 0.15) is 45.7 Å². The predicted molar refractivity (Wildman–Crippen MR) is 84.5 cm³/mol. The fraction of sp³-hybridized carbons (Fsp3) is 0.611. The zero-order valence-electron chi connectivity index (χ0n) is 13.5. The van der Waals surface area contributed by atoms with Gasteiger partial charge in [-0.15, -0.1) is 0 Å². The SMILES string of the molecule is CC(C)C1NC(c2ccccc2)C(=O)N1CC1CC1(C)C. The first-order valence-corrected chi connectivity index (χ1v) is 8.01. The van der Waals surface area contributed by atoms with E-state index in [1.807, 2.05) is 30.3 Å². The molecule has 0 aromatic heterocycles. The Labute approximate surface area is 127 Å². The zero-order chi connectivity index (χ0) is 15.2. The third-order valence-corrected chi connectivity index (χ3v) is 5.10. The van der Waals surface area contributed by atoms with E-state index in [-0.39, 0.29) is 18.1 Å². The van der Waals surface area contributed by atoms with E-state index in [1.54, 1.807) is 0 Å². The van der Waals surface area contributed by atoms with Gasteiger partial charge in [-0.1, -0.05) is 58.0 Å². The van der Waals surface area contributed by atoms with Crippen LogP contribution in [0.2, 0.25) is 0 Å². The van der Waals surface area contributed by atoms with Gasteiger partial charge >= 0.3 is 0 Å². The summed E-state index contributed by atoms with van der Waals surface area (Å²) in [5, 5.41) is 3.54. The second-order valence-electron chi connectivity index (χ2n) is 7.58. The molecule has 1 aliphatic heterocycles. The lowest BCUT2D eigenvalue weighted by atomic mass is 10.1. The third kappa shape index (κ3) is 2.71. The highest BCUT2D eigenvalue weighted by molar-refractivity contribution is 5.85. The van der Waals surface area contributed by atoms with Gasteiger partial charge in [0.1, 0.15) is 6.04 Å². The van der Waals surface area contributed by atoms with Crippen LogP contribution < -0.4 is 5.32 Å². The summed E-state index contributed by atoms with van der Waals surface area (Å²) in [4.78, 5) is 14.9. The van der Waals surface area contributed by atoms with E-state index in [0.29, 0.717) is 17.3 Å². The molecule has 3 unspecified atom stereocenters. The van der Waals surface area contributed by atoms with Crippen LogP contribution in [0.15, 0.2) is 30.3 Å². The largest absolute Gasteiger partial charge is 0.325 e. The van der Waals surface area contributed by atoms with Crippen molar-refractivity contribution >= 4 is 5.91 Å². The van der Waals surface area contributed by atoms with Crippen molar-refractivity contribution in [1.82, 2.24) is 10.2 Å². The van der Waals surface area contributed by atoms with Crippen molar-refractivity contribution in [2.75, 3.05) is 6.54 Å². The minimum absolute atomic E-state index is 0.152. The molecule has 1 saturated carbocycles. The number of rotatable bonds is 4. The summed E-state index contributed by atoms with van der Waals surface area (Å²) in [5.41, 5.74) is 1.48. The Hall–Kier alpha value is -1.35. The summed E-state index contributed by atoms with van der Waals surface area (Å²) in [6, 6.07) is 9.89. The van der Waals surface area contributed by atoms with E-state index in [4.69, 9.17) is 0 Å². The molecule has 1 heterocycles. The van der Waals surface area contributed by atoms with E-state index in [1.165, 1.54) is 6.42 Å². The lowest BCUT2D eigenvalue weighted by molar-refractivity contribution is -0.131. The van der Waals surface area contributed by atoms with Crippen molar-refractivity contribution in [3.05, 3.63) is 35.9 Å².